The maximum absolute atomic E-state index is 11.7. The van der Waals surface area contributed by atoms with E-state index in [-0.39, 0.29) is 6.67 Å². The first-order valence-corrected chi connectivity index (χ1v) is 4.82. The van der Waals surface area contributed by atoms with Crippen molar-refractivity contribution in [2.24, 2.45) is 0 Å². The smallest absolute Gasteiger partial charge is 0.102 e. The monoisotopic (exact) mass is 197 g/mol. The molecule has 0 atom stereocenters. The van der Waals surface area contributed by atoms with Crippen molar-refractivity contribution in [3.63, 3.8) is 0 Å². The Bertz CT molecular complexity index is 228. The highest BCUT2D eigenvalue weighted by molar-refractivity contribution is 5.13. The van der Waals surface area contributed by atoms with Crippen LogP contribution in [0.25, 0.3) is 0 Å². The molecule has 0 unspecified atom stereocenters. The Hall–Kier alpha value is -0.930. The van der Waals surface area contributed by atoms with Gasteiger partial charge >= 0.3 is 0 Å². The van der Waals surface area contributed by atoms with Gasteiger partial charge in [-0.1, -0.05) is 30.3 Å². The molecule has 0 aliphatic carbocycles. The molecule has 1 rings (SSSR count). The summed E-state index contributed by atoms with van der Waals surface area (Å²) in [5.74, 6) is 0. The summed E-state index contributed by atoms with van der Waals surface area (Å²) in [6, 6.07) is 10.00. The first kappa shape index (κ1) is 11.1. The molecule has 0 fully saturated rings. The van der Waals surface area contributed by atoms with Crippen LogP contribution in [-0.4, -0.2) is 26.4 Å². The fourth-order valence-corrected chi connectivity index (χ4v) is 1.10. The Morgan fingerprint density at radius 2 is 1.93 bits per heavy atom. The lowest BCUT2D eigenvalue weighted by Crippen LogP contribution is -2.21. The van der Waals surface area contributed by atoms with Crippen LogP contribution in [-0.2, 0) is 11.3 Å². The second kappa shape index (κ2) is 7.47. The molecule has 1 aromatic rings. The zero-order chi connectivity index (χ0) is 10.1. The van der Waals surface area contributed by atoms with E-state index in [0.717, 1.165) is 5.56 Å². The maximum atomic E-state index is 11.7. The molecule has 0 bridgehead atoms. The molecule has 0 saturated carbocycles. The second-order valence-corrected chi connectivity index (χ2v) is 2.98. The van der Waals surface area contributed by atoms with E-state index in [1.165, 1.54) is 0 Å². The molecule has 1 aromatic carbocycles. The summed E-state index contributed by atoms with van der Waals surface area (Å²) in [6.45, 7) is 2.04. The van der Waals surface area contributed by atoms with Crippen LogP contribution in [0.3, 0.4) is 0 Å². The van der Waals surface area contributed by atoms with Gasteiger partial charge in [0, 0.05) is 13.1 Å². The molecule has 1 N–H and O–H groups in total. The lowest BCUT2D eigenvalue weighted by Gasteiger charge is -2.04. The Balaban J connectivity index is 1.99. The highest BCUT2D eigenvalue weighted by atomic mass is 19.1. The van der Waals surface area contributed by atoms with Crippen LogP contribution in [0.1, 0.15) is 5.56 Å². The van der Waals surface area contributed by atoms with Gasteiger partial charge in [0.1, 0.15) is 6.67 Å². The van der Waals surface area contributed by atoms with Crippen LogP contribution in [0, 0.1) is 0 Å². The van der Waals surface area contributed by atoms with E-state index in [4.69, 9.17) is 4.74 Å². The van der Waals surface area contributed by atoms with Gasteiger partial charge in [-0.2, -0.15) is 0 Å². The summed E-state index contributed by atoms with van der Waals surface area (Å²) < 4.78 is 17.0. The summed E-state index contributed by atoms with van der Waals surface area (Å²) in [5, 5.41) is 2.92. The average molecular weight is 197 g/mol. The molecule has 0 aliphatic heterocycles. The Labute approximate surface area is 84.1 Å². The van der Waals surface area contributed by atoms with Crippen LogP contribution in [0.2, 0.25) is 0 Å². The molecule has 0 saturated heterocycles. The first-order valence-electron chi connectivity index (χ1n) is 4.82. The third kappa shape index (κ3) is 4.94. The van der Waals surface area contributed by atoms with Gasteiger partial charge in [0.25, 0.3) is 0 Å². The molecule has 2 nitrogen and oxygen atoms in total. The number of hydrogen-bond acceptors (Lipinski definition) is 2. The number of ether oxygens (including phenoxy) is 1. The van der Waals surface area contributed by atoms with Gasteiger partial charge in [-0.15, -0.1) is 0 Å². The van der Waals surface area contributed by atoms with E-state index in [1.54, 1.807) is 0 Å². The third-order valence-electron chi connectivity index (χ3n) is 1.81. The van der Waals surface area contributed by atoms with Crippen LogP contribution < -0.4 is 5.32 Å². The van der Waals surface area contributed by atoms with E-state index in [0.29, 0.717) is 26.3 Å². The molecular weight excluding hydrogens is 181 g/mol. The van der Waals surface area contributed by atoms with Crippen molar-refractivity contribution in [2.45, 2.75) is 6.61 Å². The minimum atomic E-state index is -0.321. The van der Waals surface area contributed by atoms with Crippen LogP contribution >= 0.6 is 0 Å². The minimum absolute atomic E-state index is 0.321. The van der Waals surface area contributed by atoms with E-state index >= 15 is 0 Å². The number of halogens is 1. The Kier molecular flexibility index (Phi) is 5.95. The molecule has 0 spiro atoms. The second-order valence-electron chi connectivity index (χ2n) is 2.98. The van der Waals surface area contributed by atoms with Crippen molar-refractivity contribution >= 4 is 0 Å². The average Bonchev–Trinajstić information content (AvgIpc) is 2.25. The van der Waals surface area contributed by atoms with Crippen molar-refractivity contribution in [1.82, 2.24) is 5.32 Å². The van der Waals surface area contributed by atoms with Gasteiger partial charge in [-0.3, -0.25) is 0 Å². The van der Waals surface area contributed by atoms with Gasteiger partial charge < -0.3 is 10.1 Å². The number of alkyl halides is 1. The number of hydrogen-bond donors (Lipinski definition) is 1. The molecular formula is C11H16FNO. The molecule has 14 heavy (non-hydrogen) atoms. The lowest BCUT2D eigenvalue weighted by molar-refractivity contribution is 0.122. The van der Waals surface area contributed by atoms with Crippen LogP contribution in [0.15, 0.2) is 30.3 Å². The van der Waals surface area contributed by atoms with Crippen molar-refractivity contribution in [2.75, 3.05) is 26.4 Å². The zero-order valence-electron chi connectivity index (χ0n) is 8.21. The molecule has 0 heterocycles. The Morgan fingerprint density at radius 1 is 1.14 bits per heavy atom. The largest absolute Gasteiger partial charge is 0.375 e. The van der Waals surface area contributed by atoms with E-state index in [9.17, 15) is 4.39 Å². The number of benzene rings is 1. The molecule has 0 radical (unpaired) electrons. The van der Waals surface area contributed by atoms with E-state index in [2.05, 4.69) is 5.32 Å². The van der Waals surface area contributed by atoms with Crippen molar-refractivity contribution in [1.29, 1.82) is 0 Å². The SMILES string of the molecule is FCCNCCOCc1ccccc1. The highest BCUT2D eigenvalue weighted by Crippen LogP contribution is 1.99. The molecule has 0 aliphatic rings. The number of nitrogens with one attached hydrogen (secondary N) is 1. The maximum Gasteiger partial charge on any atom is 0.102 e. The summed E-state index contributed by atoms with van der Waals surface area (Å²) in [5.41, 5.74) is 1.16. The molecule has 3 heteroatoms. The first-order chi connectivity index (χ1) is 6.93. The lowest BCUT2D eigenvalue weighted by atomic mass is 10.2. The van der Waals surface area contributed by atoms with Crippen molar-refractivity contribution < 1.29 is 9.13 Å². The van der Waals surface area contributed by atoms with Crippen molar-refractivity contribution in [3.05, 3.63) is 35.9 Å². The predicted octanol–water partition coefficient (Wildman–Crippen LogP) is 1.76. The summed E-state index contributed by atoms with van der Waals surface area (Å²) >= 11 is 0. The van der Waals surface area contributed by atoms with Crippen LogP contribution in [0.5, 0.6) is 0 Å². The topological polar surface area (TPSA) is 21.3 Å². The summed E-state index contributed by atoms with van der Waals surface area (Å²) in [4.78, 5) is 0. The minimum Gasteiger partial charge on any atom is -0.375 e. The van der Waals surface area contributed by atoms with Crippen molar-refractivity contribution in [3.8, 4) is 0 Å². The summed E-state index contributed by atoms with van der Waals surface area (Å²) in [7, 11) is 0. The van der Waals surface area contributed by atoms with Gasteiger partial charge in [-0.05, 0) is 5.56 Å². The van der Waals surface area contributed by atoms with Gasteiger partial charge in [0.2, 0.25) is 0 Å². The van der Waals surface area contributed by atoms with Gasteiger partial charge in [-0.25, -0.2) is 4.39 Å². The summed E-state index contributed by atoms with van der Waals surface area (Å²) in [6.07, 6.45) is 0. The van der Waals surface area contributed by atoms with Gasteiger partial charge in [0.05, 0.1) is 13.2 Å². The standard InChI is InChI=1S/C11H16FNO/c12-6-7-13-8-9-14-10-11-4-2-1-3-5-11/h1-5,13H,6-10H2. The fraction of sp³-hybridized carbons (Fsp3) is 0.455. The van der Waals surface area contributed by atoms with Crippen LogP contribution in [0.4, 0.5) is 4.39 Å². The predicted molar refractivity (Wildman–Crippen MR) is 54.9 cm³/mol. The Morgan fingerprint density at radius 3 is 2.64 bits per heavy atom. The quantitative estimate of drug-likeness (QED) is 0.672. The normalized spacial score (nSPS) is 10.4. The van der Waals surface area contributed by atoms with Gasteiger partial charge in [0.15, 0.2) is 0 Å². The molecule has 0 aromatic heterocycles. The number of rotatable bonds is 7. The fourth-order valence-electron chi connectivity index (χ4n) is 1.10. The zero-order valence-corrected chi connectivity index (χ0v) is 8.21. The highest BCUT2D eigenvalue weighted by Gasteiger charge is 1.91. The van der Waals surface area contributed by atoms with E-state index < -0.39 is 0 Å². The molecule has 78 valence electrons. The third-order valence-corrected chi connectivity index (χ3v) is 1.81. The van der Waals surface area contributed by atoms with E-state index in [1.807, 2.05) is 30.3 Å². The molecule has 0 amide bonds.